The van der Waals surface area contributed by atoms with Crippen molar-refractivity contribution in [3.8, 4) is 0 Å². The molecule has 1 atom stereocenters. The smallest absolute Gasteiger partial charge is 0.310 e. The van der Waals surface area contributed by atoms with Gasteiger partial charge in [0.05, 0.1) is 35.3 Å². The van der Waals surface area contributed by atoms with Gasteiger partial charge in [0.1, 0.15) is 0 Å². The Bertz CT molecular complexity index is 531. The molecule has 0 aliphatic carbocycles. The lowest BCUT2D eigenvalue weighted by molar-refractivity contribution is -0.145. The fourth-order valence-electron chi connectivity index (χ4n) is 2.33. The van der Waals surface area contributed by atoms with Crippen LogP contribution in [0, 0.1) is 5.92 Å². The highest BCUT2D eigenvalue weighted by Gasteiger charge is 2.30. The Hall–Kier alpha value is -1.30. The predicted molar refractivity (Wildman–Crippen MR) is 81.7 cm³/mol. The number of benzene rings is 1. The summed E-state index contributed by atoms with van der Waals surface area (Å²) in [6, 6.07) is 5.03. The Morgan fingerprint density at radius 3 is 2.67 bits per heavy atom. The van der Waals surface area contributed by atoms with Crippen LogP contribution in [0.5, 0.6) is 0 Å². The Labute approximate surface area is 133 Å². The van der Waals surface area contributed by atoms with Crippen molar-refractivity contribution in [3.05, 3.63) is 28.2 Å². The normalized spacial score (nSPS) is 18.5. The number of carbonyl (C=O) groups excluding carboxylic acids is 2. The predicted octanol–water partition coefficient (Wildman–Crippen LogP) is 2.43. The molecule has 7 heteroatoms. The van der Waals surface area contributed by atoms with E-state index in [2.05, 4.69) is 5.32 Å². The van der Waals surface area contributed by atoms with Gasteiger partial charge in [0.2, 0.25) is 5.91 Å². The Morgan fingerprint density at radius 1 is 1.38 bits per heavy atom. The number of nitrogens with zero attached hydrogens (tertiary/aromatic N) is 1. The molecule has 1 aliphatic rings. The van der Waals surface area contributed by atoms with E-state index >= 15 is 0 Å². The lowest BCUT2D eigenvalue weighted by Crippen LogP contribution is -2.32. The summed E-state index contributed by atoms with van der Waals surface area (Å²) in [6.45, 7) is 1.40. The third-order valence-corrected chi connectivity index (χ3v) is 4.03. The average Bonchev–Trinajstić information content (AvgIpc) is 2.90. The minimum atomic E-state index is -0.230. The maximum absolute atomic E-state index is 12.0. The zero-order valence-corrected chi connectivity index (χ0v) is 13.1. The topological polar surface area (TPSA) is 58.6 Å². The maximum Gasteiger partial charge on any atom is 0.310 e. The molecule has 21 heavy (non-hydrogen) atoms. The Balaban J connectivity index is 1.90. The van der Waals surface area contributed by atoms with Crippen molar-refractivity contribution in [2.75, 3.05) is 32.1 Å². The minimum Gasteiger partial charge on any atom is -0.469 e. The van der Waals surface area contributed by atoms with Crippen LogP contribution >= 0.6 is 23.2 Å². The zero-order valence-electron chi connectivity index (χ0n) is 11.6. The van der Waals surface area contributed by atoms with Gasteiger partial charge < -0.3 is 10.1 Å². The van der Waals surface area contributed by atoms with Gasteiger partial charge in [-0.05, 0) is 25.1 Å². The molecule has 0 aromatic heterocycles. The highest BCUT2D eigenvalue weighted by atomic mass is 35.5. The Morgan fingerprint density at radius 2 is 2.05 bits per heavy atom. The van der Waals surface area contributed by atoms with Crippen molar-refractivity contribution < 1.29 is 14.3 Å². The molecule has 1 N–H and O–H groups in total. The lowest BCUT2D eigenvalue weighted by atomic mass is 10.1. The number of anilines is 1. The summed E-state index contributed by atoms with van der Waals surface area (Å²) in [4.78, 5) is 25.4. The number of para-hydroxylation sites is 1. The highest BCUT2D eigenvalue weighted by molar-refractivity contribution is 6.39. The fraction of sp³-hybridized carbons (Fsp3) is 0.429. The first-order valence-corrected chi connectivity index (χ1v) is 7.31. The van der Waals surface area contributed by atoms with Crippen LogP contribution in [0.15, 0.2) is 18.2 Å². The summed E-state index contributed by atoms with van der Waals surface area (Å²) in [5, 5.41) is 3.49. The molecular formula is C14H16Cl2N2O3. The summed E-state index contributed by atoms with van der Waals surface area (Å²) in [7, 11) is 1.37. The number of hydrogen-bond acceptors (Lipinski definition) is 4. The van der Waals surface area contributed by atoms with Gasteiger partial charge in [-0.2, -0.15) is 0 Å². The number of hydrogen-bond donors (Lipinski definition) is 1. The van der Waals surface area contributed by atoms with E-state index in [1.165, 1.54) is 7.11 Å². The van der Waals surface area contributed by atoms with Crippen LogP contribution < -0.4 is 5.32 Å². The van der Waals surface area contributed by atoms with E-state index in [9.17, 15) is 9.59 Å². The second-order valence-corrected chi connectivity index (χ2v) is 5.70. The molecule has 1 unspecified atom stereocenters. The maximum atomic E-state index is 12.0. The molecule has 1 aliphatic heterocycles. The summed E-state index contributed by atoms with van der Waals surface area (Å²) in [5.74, 6) is -0.603. The number of halogens is 2. The molecule has 1 fully saturated rings. The van der Waals surface area contributed by atoms with Crippen molar-refractivity contribution in [3.63, 3.8) is 0 Å². The van der Waals surface area contributed by atoms with Gasteiger partial charge in [-0.15, -0.1) is 0 Å². The van der Waals surface area contributed by atoms with E-state index in [1.54, 1.807) is 18.2 Å². The zero-order chi connectivity index (χ0) is 15.4. The molecule has 2 rings (SSSR count). The third-order valence-electron chi connectivity index (χ3n) is 3.40. The first-order valence-electron chi connectivity index (χ1n) is 6.55. The molecule has 1 saturated heterocycles. The molecule has 114 valence electrons. The van der Waals surface area contributed by atoms with E-state index in [0.29, 0.717) is 35.2 Å². The third kappa shape index (κ3) is 4.09. The van der Waals surface area contributed by atoms with Crippen molar-refractivity contribution in [1.29, 1.82) is 0 Å². The van der Waals surface area contributed by atoms with E-state index in [-0.39, 0.29) is 24.3 Å². The van der Waals surface area contributed by atoms with E-state index in [4.69, 9.17) is 27.9 Å². The summed E-state index contributed by atoms with van der Waals surface area (Å²) >= 11 is 12.0. The first kappa shape index (κ1) is 16.1. The van der Waals surface area contributed by atoms with Crippen molar-refractivity contribution in [2.45, 2.75) is 6.42 Å². The van der Waals surface area contributed by atoms with Gasteiger partial charge in [-0.1, -0.05) is 29.3 Å². The van der Waals surface area contributed by atoms with E-state index < -0.39 is 0 Å². The van der Waals surface area contributed by atoms with Gasteiger partial charge >= 0.3 is 5.97 Å². The van der Waals surface area contributed by atoms with Crippen LogP contribution in [0.3, 0.4) is 0 Å². The molecule has 1 amide bonds. The highest BCUT2D eigenvalue weighted by Crippen LogP contribution is 2.29. The van der Waals surface area contributed by atoms with Crippen LogP contribution in [0.2, 0.25) is 10.0 Å². The van der Waals surface area contributed by atoms with Crippen LogP contribution in [0.1, 0.15) is 6.42 Å². The second-order valence-electron chi connectivity index (χ2n) is 4.89. The fourth-order valence-corrected chi connectivity index (χ4v) is 2.83. The van der Waals surface area contributed by atoms with Crippen molar-refractivity contribution >= 4 is 40.8 Å². The quantitative estimate of drug-likeness (QED) is 0.861. The summed E-state index contributed by atoms with van der Waals surface area (Å²) in [6.07, 6.45) is 0.701. The average molecular weight is 331 g/mol. The number of esters is 1. The summed E-state index contributed by atoms with van der Waals surface area (Å²) in [5.41, 5.74) is 0.412. The molecule has 1 aromatic carbocycles. The molecule has 1 heterocycles. The molecule has 0 spiro atoms. The van der Waals surface area contributed by atoms with E-state index in [0.717, 1.165) is 0 Å². The molecule has 1 aromatic rings. The number of carbonyl (C=O) groups is 2. The van der Waals surface area contributed by atoms with Gasteiger partial charge in [-0.3, -0.25) is 14.5 Å². The molecular weight excluding hydrogens is 315 g/mol. The van der Waals surface area contributed by atoms with Gasteiger partial charge in [0.25, 0.3) is 0 Å². The van der Waals surface area contributed by atoms with Gasteiger partial charge in [-0.25, -0.2) is 0 Å². The molecule has 0 bridgehead atoms. The van der Waals surface area contributed by atoms with E-state index in [1.807, 2.05) is 4.90 Å². The molecule has 0 radical (unpaired) electrons. The first-order chi connectivity index (χ1) is 10.0. The van der Waals surface area contributed by atoms with Gasteiger partial charge in [0, 0.05) is 6.54 Å². The number of amides is 1. The number of methoxy groups -OCH3 is 1. The SMILES string of the molecule is COC(=O)C1CCN(CC(=O)Nc2c(Cl)cccc2Cl)C1. The van der Waals surface area contributed by atoms with Crippen molar-refractivity contribution in [1.82, 2.24) is 4.90 Å². The number of ether oxygens (including phenoxy) is 1. The standard InChI is InChI=1S/C14H16Cl2N2O3/c1-21-14(20)9-5-6-18(7-9)8-12(19)17-13-10(15)3-2-4-11(13)16/h2-4,9H,5-8H2,1H3,(H,17,19). The van der Waals surface area contributed by atoms with Crippen LogP contribution in [-0.4, -0.2) is 43.5 Å². The van der Waals surface area contributed by atoms with Crippen molar-refractivity contribution in [2.24, 2.45) is 5.92 Å². The molecule has 0 saturated carbocycles. The van der Waals surface area contributed by atoms with Gasteiger partial charge in [0.15, 0.2) is 0 Å². The van der Waals surface area contributed by atoms with Crippen LogP contribution in [-0.2, 0) is 14.3 Å². The van der Waals surface area contributed by atoms with Crippen LogP contribution in [0.4, 0.5) is 5.69 Å². The number of nitrogens with one attached hydrogen (secondary N) is 1. The number of rotatable bonds is 4. The monoisotopic (exact) mass is 330 g/mol. The summed E-state index contributed by atoms with van der Waals surface area (Å²) < 4.78 is 4.71. The lowest BCUT2D eigenvalue weighted by Gasteiger charge is -2.16. The second kappa shape index (κ2) is 7.11. The molecule has 5 nitrogen and oxygen atoms in total. The Kier molecular flexibility index (Phi) is 5.45. The number of likely N-dealkylation sites (tertiary alicyclic amines) is 1. The van der Waals surface area contributed by atoms with Crippen LogP contribution in [0.25, 0.3) is 0 Å². The minimum absolute atomic E-state index is 0.160. The largest absolute Gasteiger partial charge is 0.469 e.